The van der Waals surface area contributed by atoms with Crippen molar-refractivity contribution in [2.45, 2.75) is 39.5 Å². The van der Waals surface area contributed by atoms with E-state index in [-0.39, 0.29) is 11.9 Å². The monoisotopic (exact) mass is 305 g/mol. The minimum absolute atomic E-state index is 0.199. The molecule has 22 heavy (non-hydrogen) atoms. The number of aromatic nitrogens is 2. The van der Waals surface area contributed by atoms with Crippen LogP contribution in [0.4, 0.5) is 4.39 Å². The second-order valence-corrected chi connectivity index (χ2v) is 5.90. The van der Waals surface area contributed by atoms with Gasteiger partial charge in [-0.2, -0.15) is 4.98 Å². The Hall–Kier alpha value is -1.79. The smallest absolute Gasteiger partial charge is 0.241 e. The molecule has 1 aliphatic heterocycles. The number of morpholine rings is 1. The van der Waals surface area contributed by atoms with E-state index in [9.17, 15) is 4.39 Å². The molecule has 1 aromatic heterocycles. The predicted octanol–water partition coefficient (Wildman–Crippen LogP) is 2.79. The molecule has 0 saturated carbocycles. The van der Waals surface area contributed by atoms with Crippen molar-refractivity contribution in [1.82, 2.24) is 15.0 Å². The summed E-state index contributed by atoms with van der Waals surface area (Å²) in [5, 5.41) is 3.96. The number of aryl methyl sites for hydroxylation is 1. The summed E-state index contributed by atoms with van der Waals surface area (Å²) in [6.45, 7) is 7.99. The summed E-state index contributed by atoms with van der Waals surface area (Å²) in [4.78, 5) is 6.63. The highest BCUT2D eigenvalue weighted by molar-refractivity contribution is 5.54. The van der Waals surface area contributed by atoms with Gasteiger partial charge in [0.2, 0.25) is 11.7 Å². The summed E-state index contributed by atoms with van der Waals surface area (Å²) in [6, 6.07) is 5.26. The molecule has 0 amide bonds. The third kappa shape index (κ3) is 3.18. The van der Waals surface area contributed by atoms with Gasteiger partial charge in [0.15, 0.2) is 0 Å². The van der Waals surface area contributed by atoms with Crippen LogP contribution in [0.1, 0.15) is 25.3 Å². The zero-order valence-electron chi connectivity index (χ0n) is 13.0. The first-order valence-electron chi connectivity index (χ1n) is 7.47. The van der Waals surface area contributed by atoms with Gasteiger partial charge in [-0.1, -0.05) is 17.3 Å². The SMILES string of the molecule is Cc1ccc(-c2noc(CN3C[C@H](C)OC[C@H]3C)n2)cc1F. The van der Waals surface area contributed by atoms with Crippen molar-refractivity contribution >= 4 is 0 Å². The lowest BCUT2D eigenvalue weighted by molar-refractivity contribution is -0.0555. The maximum atomic E-state index is 13.6. The normalized spacial score (nSPS) is 22.9. The van der Waals surface area contributed by atoms with Gasteiger partial charge in [-0.3, -0.25) is 4.90 Å². The number of hydrogen-bond donors (Lipinski definition) is 0. The van der Waals surface area contributed by atoms with Crippen LogP contribution in [0, 0.1) is 12.7 Å². The van der Waals surface area contributed by atoms with Gasteiger partial charge >= 0.3 is 0 Å². The van der Waals surface area contributed by atoms with Crippen LogP contribution in [0.5, 0.6) is 0 Å². The van der Waals surface area contributed by atoms with Crippen molar-refractivity contribution in [3.8, 4) is 11.4 Å². The molecule has 5 nitrogen and oxygen atoms in total. The Labute approximate surface area is 129 Å². The number of rotatable bonds is 3. The molecule has 0 N–H and O–H groups in total. The largest absolute Gasteiger partial charge is 0.376 e. The number of ether oxygens (including phenoxy) is 1. The molecule has 0 spiro atoms. The van der Waals surface area contributed by atoms with Crippen molar-refractivity contribution in [2.75, 3.05) is 13.2 Å². The van der Waals surface area contributed by atoms with Gasteiger partial charge in [-0.15, -0.1) is 0 Å². The highest BCUT2D eigenvalue weighted by Gasteiger charge is 2.25. The summed E-state index contributed by atoms with van der Waals surface area (Å²) in [7, 11) is 0. The van der Waals surface area contributed by atoms with E-state index < -0.39 is 0 Å². The van der Waals surface area contributed by atoms with E-state index in [1.54, 1.807) is 19.1 Å². The van der Waals surface area contributed by atoms with Gasteiger partial charge in [0.25, 0.3) is 0 Å². The third-order valence-corrected chi connectivity index (χ3v) is 3.97. The molecule has 1 aromatic carbocycles. The number of nitrogens with zero attached hydrogens (tertiary/aromatic N) is 3. The minimum atomic E-state index is -0.264. The molecule has 1 aliphatic rings. The van der Waals surface area contributed by atoms with Crippen LogP contribution in [-0.4, -0.2) is 40.3 Å². The zero-order valence-corrected chi connectivity index (χ0v) is 13.0. The van der Waals surface area contributed by atoms with Gasteiger partial charge in [-0.05, 0) is 32.4 Å². The molecule has 1 fully saturated rings. The standard InChI is InChI=1S/C16H20FN3O2/c1-10-4-5-13(6-14(10)17)16-18-15(22-19-16)8-20-7-12(3)21-9-11(20)2/h4-6,11-12H,7-9H2,1-3H3/t11-,12+/m1/s1. The highest BCUT2D eigenvalue weighted by atomic mass is 19.1. The van der Waals surface area contributed by atoms with E-state index in [1.807, 2.05) is 6.92 Å². The minimum Gasteiger partial charge on any atom is -0.376 e. The molecule has 0 aliphatic carbocycles. The van der Waals surface area contributed by atoms with Crippen LogP contribution in [0.3, 0.4) is 0 Å². The summed E-state index contributed by atoms with van der Waals surface area (Å²) in [5.41, 5.74) is 1.23. The molecule has 6 heteroatoms. The lowest BCUT2D eigenvalue weighted by atomic mass is 10.1. The Bertz CT molecular complexity index is 659. The average Bonchev–Trinajstić information content (AvgIpc) is 2.94. The Morgan fingerprint density at radius 1 is 1.36 bits per heavy atom. The molecule has 2 aromatic rings. The molecular weight excluding hydrogens is 285 g/mol. The zero-order chi connectivity index (χ0) is 15.7. The molecular formula is C16H20FN3O2. The number of benzene rings is 1. The summed E-state index contributed by atoms with van der Waals surface area (Å²) in [5.74, 6) is 0.694. The summed E-state index contributed by atoms with van der Waals surface area (Å²) in [6.07, 6.45) is 0.199. The molecule has 118 valence electrons. The van der Waals surface area contributed by atoms with Crippen molar-refractivity contribution < 1.29 is 13.7 Å². The number of hydrogen-bond acceptors (Lipinski definition) is 5. The second kappa shape index (κ2) is 6.14. The molecule has 0 unspecified atom stereocenters. The van der Waals surface area contributed by atoms with Crippen molar-refractivity contribution in [1.29, 1.82) is 0 Å². The third-order valence-electron chi connectivity index (χ3n) is 3.97. The van der Waals surface area contributed by atoms with E-state index in [0.29, 0.717) is 42.0 Å². The maximum absolute atomic E-state index is 13.6. The fraction of sp³-hybridized carbons (Fsp3) is 0.500. The van der Waals surface area contributed by atoms with Gasteiger partial charge in [0, 0.05) is 18.2 Å². The highest BCUT2D eigenvalue weighted by Crippen LogP contribution is 2.20. The topological polar surface area (TPSA) is 51.4 Å². The van der Waals surface area contributed by atoms with Crippen LogP contribution >= 0.6 is 0 Å². The van der Waals surface area contributed by atoms with Crippen LogP contribution in [0.15, 0.2) is 22.7 Å². The van der Waals surface area contributed by atoms with Crippen molar-refractivity contribution in [3.05, 3.63) is 35.5 Å². The Morgan fingerprint density at radius 2 is 2.18 bits per heavy atom. The predicted molar refractivity (Wildman–Crippen MR) is 79.7 cm³/mol. The van der Waals surface area contributed by atoms with E-state index >= 15 is 0 Å². The average molecular weight is 305 g/mol. The van der Waals surface area contributed by atoms with Crippen LogP contribution in [0.2, 0.25) is 0 Å². The van der Waals surface area contributed by atoms with E-state index in [2.05, 4.69) is 22.0 Å². The molecule has 3 rings (SSSR count). The fourth-order valence-corrected chi connectivity index (χ4v) is 2.53. The summed E-state index contributed by atoms with van der Waals surface area (Å²) >= 11 is 0. The van der Waals surface area contributed by atoms with Crippen LogP contribution in [-0.2, 0) is 11.3 Å². The van der Waals surface area contributed by atoms with Crippen molar-refractivity contribution in [2.24, 2.45) is 0 Å². The van der Waals surface area contributed by atoms with Crippen LogP contribution in [0.25, 0.3) is 11.4 Å². The molecule has 1 saturated heterocycles. The molecule has 2 atom stereocenters. The molecule has 2 heterocycles. The van der Waals surface area contributed by atoms with Crippen molar-refractivity contribution in [3.63, 3.8) is 0 Å². The molecule has 0 radical (unpaired) electrons. The van der Waals surface area contributed by atoms with Gasteiger partial charge in [0.1, 0.15) is 5.82 Å². The Morgan fingerprint density at radius 3 is 2.95 bits per heavy atom. The number of halogens is 1. The van der Waals surface area contributed by atoms with E-state index in [0.717, 1.165) is 6.54 Å². The summed E-state index contributed by atoms with van der Waals surface area (Å²) < 4.78 is 24.5. The lowest BCUT2D eigenvalue weighted by Crippen LogP contribution is -2.46. The second-order valence-electron chi connectivity index (χ2n) is 5.90. The Kier molecular flexibility index (Phi) is 4.22. The van der Waals surface area contributed by atoms with E-state index in [1.165, 1.54) is 6.07 Å². The molecule has 0 bridgehead atoms. The first kappa shape index (κ1) is 15.1. The first-order valence-corrected chi connectivity index (χ1v) is 7.47. The van der Waals surface area contributed by atoms with Gasteiger partial charge in [-0.25, -0.2) is 4.39 Å². The van der Waals surface area contributed by atoms with E-state index in [4.69, 9.17) is 9.26 Å². The Balaban J connectivity index is 1.74. The van der Waals surface area contributed by atoms with Gasteiger partial charge in [0.05, 0.1) is 19.3 Å². The fourth-order valence-electron chi connectivity index (χ4n) is 2.53. The maximum Gasteiger partial charge on any atom is 0.241 e. The lowest BCUT2D eigenvalue weighted by Gasteiger charge is -2.35. The van der Waals surface area contributed by atoms with Gasteiger partial charge < -0.3 is 9.26 Å². The quantitative estimate of drug-likeness (QED) is 0.873. The van der Waals surface area contributed by atoms with Crippen LogP contribution < -0.4 is 0 Å². The first-order chi connectivity index (χ1) is 10.5.